The number of hydrogen-bond donors (Lipinski definition) is 2. The number of allylic oxidation sites excluding steroid dienone is 2. The van der Waals surface area contributed by atoms with Gasteiger partial charge in [0.2, 0.25) is 5.16 Å². The van der Waals surface area contributed by atoms with Crippen molar-refractivity contribution in [2.75, 3.05) is 5.75 Å². The average molecular weight is 319 g/mol. The molecule has 0 spiro atoms. The van der Waals surface area contributed by atoms with Crippen molar-refractivity contribution >= 4 is 28.9 Å². The van der Waals surface area contributed by atoms with Gasteiger partial charge in [0.25, 0.3) is 0 Å². The fourth-order valence-corrected chi connectivity index (χ4v) is 2.97. The Balaban J connectivity index is 1.93. The van der Waals surface area contributed by atoms with Crippen molar-refractivity contribution in [2.24, 2.45) is 5.73 Å². The molecule has 0 fully saturated rings. The summed E-state index contributed by atoms with van der Waals surface area (Å²) in [5, 5.41) is 18.2. The highest BCUT2D eigenvalue weighted by Crippen LogP contribution is 2.17. The Morgan fingerprint density at radius 2 is 2.43 bits per heavy atom. The number of nitriles is 1. The van der Waals surface area contributed by atoms with Crippen LogP contribution in [0.4, 0.5) is 0 Å². The van der Waals surface area contributed by atoms with E-state index in [1.165, 1.54) is 23.6 Å². The Bertz CT molecular complexity index is 692. The summed E-state index contributed by atoms with van der Waals surface area (Å²) in [7, 11) is 0. The molecule has 2 aromatic rings. The number of rotatable bonds is 6. The quantitative estimate of drug-likeness (QED) is 0.478. The minimum absolute atomic E-state index is 0.00292. The van der Waals surface area contributed by atoms with E-state index in [1.807, 2.05) is 23.6 Å². The van der Waals surface area contributed by atoms with E-state index in [1.54, 1.807) is 11.3 Å². The van der Waals surface area contributed by atoms with Gasteiger partial charge in [-0.25, -0.2) is 4.98 Å². The molecule has 2 heterocycles. The highest BCUT2D eigenvalue weighted by molar-refractivity contribution is 7.99. The lowest BCUT2D eigenvalue weighted by molar-refractivity contribution is -0.112. The van der Waals surface area contributed by atoms with Gasteiger partial charge >= 0.3 is 0 Å². The molecule has 0 aliphatic rings. The van der Waals surface area contributed by atoms with Crippen LogP contribution in [-0.2, 0) is 11.2 Å². The number of H-pyrrole nitrogens is 1. The molecule has 0 unspecified atom stereocenters. The normalized spacial score (nSPS) is 11.8. The smallest absolute Gasteiger partial charge is 0.208 e. The van der Waals surface area contributed by atoms with Crippen molar-refractivity contribution in [3.63, 3.8) is 0 Å². The first kappa shape index (κ1) is 15.3. The van der Waals surface area contributed by atoms with Gasteiger partial charge in [0.05, 0.1) is 5.75 Å². The molecule has 21 heavy (non-hydrogen) atoms. The van der Waals surface area contributed by atoms with Crippen LogP contribution in [0.1, 0.15) is 17.6 Å². The summed E-state index contributed by atoms with van der Waals surface area (Å²) < 4.78 is 0. The van der Waals surface area contributed by atoms with E-state index >= 15 is 0 Å². The van der Waals surface area contributed by atoms with Gasteiger partial charge in [0, 0.05) is 17.0 Å². The SMILES string of the molecule is C/C(N)=C(/C#N)C(=O)CSc1n[nH]c(Cc2cccs2)n1. The number of thioether (sulfide) groups is 1. The van der Waals surface area contributed by atoms with E-state index in [0.717, 1.165) is 5.82 Å². The Kier molecular flexibility index (Phi) is 5.14. The molecule has 0 saturated heterocycles. The molecule has 108 valence electrons. The number of carbonyl (C=O) groups is 1. The number of nitrogens with zero attached hydrogens (tertiary/aromatic N) is 3. The second-order valence-electron chi connectivity index (χ2n) is 4.20. The number of aromatic nitrogens is 3. The fourth-order valence-electron chi connectivity index (χ4n) is 1.57. The van der Waals surface area contributed by atoms with E-state index in [4.69, 9.17) is 11.0 Å². The molecule has 8 heteroatoms. The van der Waals surface area contributed by atoms with Crippen molar-refractivity contribution in [3.8, 4) is 6.07 Å². The van der Waals surface area contributed by atoms with Gasteiger partial charge in [-0.1, -0.05) is 17.8 Å². The molecule has 3 N–H and O–H groups in total. The van der Waals surface area contributed by atoms with Gasteiger partial charge in [-0.15, -0.1) is 16.4 Å². The summed E-state index contributed by atoms with van der Waals surface area (Å²) in [5.41, 5.74) is 5.72. The second-order valence-corrected chi connectivity index (χ2v) is 6.18. The van der Waals surface area contributed by atoms with Gasteiger partial charge in [0.15, 0.2) is 5.78 Å². The molecule has 0 amide bonds. The van der Waals surface area contributed by atoms with E-state index in [2.05, 4.69) is 15.2 Å². The van der Waals surface area contributed by atoms with Crippen molar-refractivity contribution < 1.29 is 4.79 Å². The van der Waals surface area contributed by atoms with Crippen LogP contribution in [0.25, 0.3) is 0 Å². The molecule has 0 aliphatic heterocycles. The summed E-state index contributed by atoms with van der Waals surface area (Å²) >= 11 is 2.83. The largest absolute Gasteiger partial charge is 0.401 e. The lowest BCUT2D eigenvalue weighted by Crippen LogP contribution is -2.10. The van der Waals surface area contributed by atoms with Gasteiger partial charge in [-0.3, -0.25) is 9.89 Å². The predicted octanol–water partition coefficient (Wildman–Crippen LogP) is 1.87. The van der Waals surface area contributed by atoms with E-state index < -0.39 is 0 Å². The Morgan fingerprint density at radius 3 is 3.05 bits per heavy atom. The maximum atomic E-state index is 11.8. The van der Waals surface area contributed by atoms with E-state index in [-0.39, 0.29) is 22.8 Å². The molecule has 0 saturated carbocycles. The molecule has 0 bridgehead atoms. The predicted molar refractivity (Wildman–Crippen MR) is 81.7 cm³/mol. The third-order valence-electron chi connectivity index (χ3n) is 2.55. The zero-order chi connectivity index (χ0) is 15.2. The van der Waals surface area contributed by atoms with Crippen molar-refractivity contribution in [2.45, 2.75) is 18.5 Å². The molecule has 0 atom stereocenters. The maximum Gasteiger partial charge on any atom is 0.208 e. The van der Waals surface area contributed by atoms with Gasteiger partial charge in [-0.2, -0.15) is 5.26 Å². The Morgan fingerprint density at radius 1 is 1.62 bits per heavy atom. The minimum Gasteiger partial charge on any atom is -0.401 e. The summed E-state index contributed by atoms with van der Waals surface area (Å²) in [6.07, 6.45) is 0.685. The lowest BCUT2D eigenvalue weighted by Gasteiger charge is -1.98. The van der Waals surface area contributed by atoms with E-state index in [9.17, 15) is 4.79 Å². The molecule has 0 aromatic carbocycles. The summed E-state index contributed by atoms with van der Waals surface area (Å²) in [4.78, 5) is 17.3. The third-order valence-corrected chi connectivity index (χ3v) is 4.27. The maximum absolute atomic E-state index is 11.8. The molecule has 2 rings (SSSR count). The first-order chi connectivity index (χ1) is 10.1. The van der Waals surface area contributed by atoms with E-state index in [0.29, 0.717) is 11.6 Å². The van der Waals surface area contributed by atoms with Crippen molar-refractivity contribution in [1.82, 2.24) is 15.2 Å². The van der Waals surface area contributed by atoms with Crippen LogP contribution in [0, 0.1) is 11.3 Å². The molecule has 0 radical (unpaired) electrons. The average Bonchev–Trinajstić information content (AvgIpc) is 3.09. The van der Waals surface area contributed by atoms with Crippen LogP contribution in [0.5, 0.6) is 0 Å². The standard InChI is InChI=1S/C13H13N5OS2/c1-8(15)10(6-14)11(19)7-21-13-16-12(17-18-13)5-9-3-2-4-20-9/h2-4H,5,7,15H2,1H3,(H,16,17,18)/b10-8+. The Labute approximate surface area is 130 Å². The first-order valence-electron chi connectivity index (χ1n) is 6.06. The summed E-state index contributed by atoms with van der Waals surface area (Å²) in [6.45, 7) is 1.53. The lowest BCUT2D eigenvalue weighted by atomic mass is 10.2. The molecular weight excluding hydrogens is 306 g/mol. The number of aromatic amines is 1. The van der Waals surface area contributed by atoms with Gasteiger partial charge in [0.1, 0.15) is 17.5 Å². The number of carbonyl (C=O) groups excluding carboxylic acids is 1. The van der Waals surface area contributed by atoms with Crippen LogP contribution in [0.2, 0.25) is 0 Å². The second kappa shape index (κ2) is 7.06. The fraction of sp³-hybridized carbons (Fsp3) is 0.231. The van der Waals surface area contributed by atoms with Crippen LogP contribution < -0.4 is 5.73 Å². The zero-order valence-corrected chi connectivity index (χ0v) is 12.9. The first-order valence-corrected chi connectivity index (χ1v) is 7.92. The molecule has 0 aliphatic carbocycles. The summed E-state index contributed by atoms with van der Waals surface area (Å²) in [5.74, 6) is 0.527. The number of hydrogen-bond acceptors (Lipinski definition) is 7. The van der Waals surface area contributed by atoms with Crippen LogP contribution in [-0.4, -0.2) is 26.7 Å². The monoisotopic (exact) mass is 319 g/mol. The third kappa shape index (κ3) is 4.18. The van der Waals surface area contributed by atoms with Crippen molar-refractivity contribution in [1.29, 1.82) is 5.26 Å². The van der Waals surface area contributed by atoms with Crippen LogP contribution in [0.3, 0.4) is 0 Å². The topological polar surface area (TPSA) is 108 Å². The molecule has 6 nitrogen and oxygen atoms in total. The van der Waals surface area contributed by atoms with Gasteiger partial charge in [-0.05, 0) is 18.4 Å². The van der Waals surface area contributed by atoms with Crippen LogP contribution >= 0.6 is 23.1 Å². The number of nitrogens with two attached hydrogens (primary N) is 1. The Hall–Kier alpha value is -2.11. The molecule has 2 aromatic heterocycles. The number of Topliss-reactive ketones (excluding diaryl/α,β-unsaturated/α-hetero) is 1. The number of ketones is 1. The molecular formula is C13H13N5OS2. The summed E-state index contributed by atoms with van der Waals surface area (Å²) in [6, 6.07) is 5.82. The minimum atomic E-state index is -0.313. The number of thiophene rings is 1. The number of nitrogens with one attached hydrogen (secondary N) is 1. The highest BCUT2D eigenvalue weighted by Gasteiger charge is 2.13. The van der Waals surface area contributed by atoms with Gasteiger partial charge < -0.3 is 5.73 Å². The van der Waals surface area contributed by atoms with Crippen molar-refractivity contribution in [3.05, 3.63) is 39.5 Å². The zero-order valence-electron chi connectivity index (χ0n) is 11.3. The highest BCUT2D eigenvalue weighted by atomic mass is 32.2. The van der Waals surface area contributed by atoms with Crippen LogP contribution in [0.15, 0.2) is 33.9 Å².